The van der Waals surface area contributed by atoms with E-state index in [2.05, 4.69) is 24.1 Å². The van der Waals surface area contributed by atoms with E-state index in [1.54, 1.807) is 0 Å². The molecule has 0 radical (unpaired) electrons. The first-order valence-electron chi connectivity index (χ1n) is 11.4. The Bertz CT molecular complexity index is 612. The van der Waals surface area contributed by atoms with Crippen molar-refractivity contribution in [2.45, 2.75) is 87.3 Å². The number of amides is 1. The van der Waals surface area contributed by atoms with Gasteiger partial charge < -0.3 is 25.0 Å². The van der Waals surface area contributed by atoms with Crippen LogP contribution in [0, 0.1) is 17.8 Å². The Hall–Kier alpha value is -0.0900. The summed E-state index contributed by atoms with van der Waals surface area (Å²) < 4.78 is 12.2. The average molecular weight is 479 g/mol. The normalized spacial score (nSPS) is 41.5. The number of likely N-dealkylation sites (N-methyl/N-ethyl adjacent to an activating group) is 1. The Kier molecular flexibility index (Phi) is 8.97. The molecule has 3 saturated heterocycles. The fraction of sp³-hybridized carbons (Fsp3) is 0.955. The van der Waals surface area contributed by atoms with Crippen molar-refractivity contribution in [3.8, 4) is 0 Å². The minimum atomic E-state index is -0.955. The number of halogens is 1. The minimum absolute atomic E-state index is 0.111. The lowest BCUT2D eigenvalue weighted by Crippen LogP contribution is -2.59. The third-order valence-corrected chi connectivity index (χ3v) is 8.41. The molecule has 0 saturated carbocycles. The molecule has 3 aliphatic heterocycles. The Labute approximate surface area is 195 Å². The van der Waals surface area contributed by atoms with Gasteiger partial charge in [0.2, 0.25) is 5.91 Å². The number of nitrogens with one attached hydrogen (secondary N) is 1. The van der Waals surface area contributed by atoms with Crippen molar-refractivity contribution in [3.63, 3.8) is 0 Å². The largest absolute Gasteiger partial charge is 0.390 e. The minimum Gasteiger partial charge on any atom is -0.390 e. The third kappa shape index (κ3) is 5.70. The zero-order valence-corrected chi connectivity index (χ0v) is 20.8. The molecule has 0 bridgehead atoms. The van der Waals surface area contributed by atoms with Gasteiger partial charge in [-0.2, -0.15) is 0 Å². The summed E-state index contributed by atoms with van der Waals surface area (Å²) in [5, 5.41) is 23.1. The van der Waals surface area contributed by atoms with Crippen molar-refractivity contribution in [1.82, 2.24) is 10.2 Å². The predicted octanol–water partition coefficient (Wildman–Crippen LogP) is 1.68. The fourth-order valence-corrected chi connectivity index (χ4v) is 6.33. The summed E-state index contributed by atoms with van der Waals surface area (Å²) in [6.07, 6.45) is 1.69. The number of hydrogen-bond acceptors (Lipinski definition) is 7. The number of likely N-dealkylation sites (tertiary alicyclic amines) is 1. The standard InChI is InChI=1S/C22H39ClN2O5S/c1-11(2)13-6-7-29-20-14(8-13)10-25(4)18(20)21(28)24-17(12(3)23)16-9-15(26)19(27)22(30-16)31-5/h11-20,22,26-27H,6-10H2,1-5H3,(H,24,28)/t12-,13+,14-,15?,16-,17+,18-,19+,20+,22?/m0/s1. The molecule has 3 fully saturated rings. The highest BCUT2D eigenvalue weighted by Crippen LogP contribution is 2.37. The number of fused-ring (bicyclic) bond motifs is 1. The zero-order valence-electron chi connectivity index (χ0n) is 19.2. The number of carbonyl (C=O) groups is 1. The number of thioether (sulfide) groups is 1. The smallest absolute Gasteiger partial charge is 0.240 e. The fourth-order valence-electron chi connectivity index (χ4n) is 5.40. The summed E-state index contributed by atoms with van der Waals surface area (Å²) in [6, 6.07) is -0.850. The molecule has 3 heterocycles. The van der Waals surface area contributed by atoms with E-state index in [1.165, 1.54) is 11.8 Å². The molecule has 0 spiro atoms. The molecule has 3 rings (SSSR count). The molecular formula is C22H39ClN2O5S. The van der Waals surface area contributed by atoms with Crippen LogP contribution in [0.2, 0.25) is 0 Å². The van der Waals surface area contributed by atoms with Gasteiger partial charge in [-0.3, -0.25) is 9.69 Å². The maximum Gasteiger partial charge on any atom is 0.240 e. The molecule has 0 aromatic carbocycles. The molecule has 9 heteroatoms. The van der Waals surface area contributed by atoms with Crippen LogP contribution in [0.25, 0.3) is 0 Å². The molecule has 10 atom stereocenters. The van der Waals surface area contributed by atoms with Crippen LogP contribution >= 0.6 is 23.4 Å². The highest BCUT2D eigenvalue weighted by atomic mass is 35.5. The van der Waals surface area contributed by atoms with Crippen LogP contribution in [0.3, 0.4) is 0 Å². The van der Waals surface area contributed by atoms with Gasteiger partial charge in [0.05, 0.1) is 29.7 Å². The van der Waals surface area contributed by atoms with Gasteiger partial charge >= 0.3 is 0 Å². The first-order valence-corrected chi connectivity index (χ1v) is 13.2. The Morgan fingerprint density at radius 2 is 1.97 bits per heavy atom. The molecule has 0 aromatic rings. The van der Waals surface area contributed by atoms with Crippen LogP contribution in [0.5, 0.6) is 0 Å². The first-order chi connectivity index (χ1) is 14.6. The number of alkyl halides is 1. The molecular weight excluding hydrogens is 440 g/mol. The van der Waals surface area contributed by atoms with Crippen LogP contribution in [-0.2, 0) is 14.3 Å². The molecule has 180 valence electrons. The van der Waals surface area contributed by atoms with Gasteiger partial charge in [-0.25, -0.2) is 0 Å². The van der Waals surface area contributed by atoms with Crippen molar-refractivity contribution in [2.75, 3.05) is 26.5 Å². The van der Waals surface area contributed by atoms with Crippen LogP contribution < -0.4 is 5.32 Å². The van der Waals surface area contributed by atoms with Gasteiger partial charge in [-0.15, -0.1) is 23.4 Å². The molecule has 1 amide bonds. The third-order valence-electron chi connectivity index (χ3n) is 7.28. The highest BCUT2D eigenvalue weighted by molar-refractivity contribution is 7.99. The van der Waals surface area contributed by atoms with Crippen molar-refractivity contribution < 1.29 is 24.5 Å². The van der Waals surface area contributed by atoms with E-state index in [0.29, 0.717) is 24.4 Å². The van der Waals surface area contributed by atoms with Crippen LogP contribution in [0.4, 0.5) is 0 Å². The summed E-state index contributed by atoms with van der Waals surface area (Å²) in [5.74, 6) is 1.45. The van der Waals surface area contributed by atoms with Crippen LogP contribution in [-0.4, -0.2) is 94.8 Å². The van der Waals surface area contributed by atoms with Crippen molar-refractivity contribution >= 4 is 29.3 Å². The van der Waals surface area contributed by atoms with Crippen molar-refractivity contribution in [1.29, 1.82) is 0 Å². The monoisotopic (exact) mass is 478 g/mol. The molecule has 3 N–H and O–H groups in total. The Morgan fingerprint density at radius 3 is 2.58 bits per heavy atom. The van der Waals surface area contributed by atoms with Crippen LogP contribution in [0.15, 0.2) is 0 Å². The maximum absolute atomic E-state index is 13.4. The lowest BCUT2D eigenvalue weighted by molar-refractivity contribution is -0.149. The number of ether oxygens (including phenoxy) is 2. The Morgan fingerprint density at radius 1 is 1.26 bits per heavy atom. The molecule has 2 unspecified atom stereocenters. The van der Waals surface area contributed by atoms with Crippen LogP contribution in [0.1, 0.15) is 40.0 Å². The number of carbonyl (C=O) groups excluding carboxylic acids is 1. The SMILES string of the molecule is CSC1O[C@H]([C@H](NC(=O)[C@@H]2[C@@H]3OCC[C@@H](C(C)C)C[C@H]3CN2C)[C@H](C)Cl)CC(O)[C@H]1O. The topological polar surface area (TPSA) is 91.3 Å². The maximum atomic E-state index is 13.4. The molecule has 7 nitrogen and oxygen atoms in total. The van der Waals surface area contributed by atoms with Gasteiger partial charge in [0, 0.05) is 25.5 Å². The lowest BCUT2D eigenvalue weighted by Gasteiger charge is -2.41. The number of aliphatic hydroxyl groups is 2. The van der Waals surface area contributed by atoms with Gasteiger partial charge in [-0.1, -0.05) is 13.8 Å². The van der Waals surface area contributed by atoms with E-state index in [0.717, 1.165) is 19.4 Å². The summed E-state index contributed by atoms with van der Waals surface area (Å²) in [6.45, 7) is 7.86. The first kappa shape index (κ1) is 25.5. The van der Waals surface area contributed by atoms with Crippen molar-refractivity contribution in [2.24, 2.45) is 17.8 Å². The van der Waals surface area contributed by atoms with Crippen molar-refractivity contribution in [3.05, 3.63) is 0 Å². The second-order valence-corrected chi connectivity index (χ2v) is 11.4. The van der Waals surface area contributed by atoms with E-state index in [1.807, 2.05) is 20.2 Å². The quantitative estimate of drug-likeness (QED) is 0.500. The summed E-state index contributed by atoms with van der Waals surface area (Å²) >= 11 is 7.80. The van der Waals surface area contributed by atoms with E-state index >= 15 is 0 Å². The molecule has 0 aliphatic carbocycles. The molecule has 31 heavy (non-hydrogen) atoms. The second kappa shape index (κ2) is 10.9. The zero-order chi connectivity index (χ0) is 22.9. The van der Waals surface area contributed by atoms with Gasteiger partial charge in [0.1, 0.15) is 17.6 Å². The lowest BCUT2D eigenvalue weighted by atomic mass is 9.83. The molecule has 0 aromatic heterocycles. The molecule has 3 aliphatic rings. The van der Waals surface area contributed by atoms with Gasteiger partial charge in [0.25, 0.3) is 0 Å². The predicted molar refractivity (Wildman–Crippen MR) is 123 cm³/mol. The number of rotatable bonds is 6. The highest BCUT2D eigenvalue weighted by Gasteiger charge is 2.48. The Balaban J connectivity index is 1.71. The number of nitrogens with zero attached hydrogens (tertiary/aromatic N) is 1. The number of aliphatic hydroxyl groups excluding tert-OH is 2. The van der Waals surface area contributed by atoms with E-state index in [-0.39, 0.29) is 24.5 Å². The second-order valence-electron chi connectivity index (χ2n) is 9.79. The summed E-state index contributed by atoms with van der Waals surface area (Å²) in [5.41, 5.74) is -0.555. The summed E-state index contributed by atoms with van der Waals surface area (Å²) in [7, 11) is 1.98. The number of hydrogen-bond donors (Lipinski definition) is 3. The van der Waals surface area contributed by atoms with E-state index in [9.17, 15) is 15.0 Å². The van der Waals surface area contributed by atoms with E-state index < -0.39 is 35.2 Å². The van der Waals surface area contributed by atoms with E-state index in [4.69, 9.17) is 21.1 Å². The average Bonchev–Trinajstić information content (AvgIpc) is 2.87. The van der Waals surface area contributed by atoms with Gasteiger partial charge in [-0.05, 0) is 44.9 Å². The summed E-state index contributed by atoms with van der Waals surface area (Å²) in [4.78, 5) is 15.5. The van der Waals surface area contributed by atoms with Gasteiger partial charge in [0.15, 0.2) is 0 Å².